The van der Waals surface area contributed by atoms with Crippen LogP contribution in [0.3, 0.4) is 0 Å². The number of sulfonamides is 1. The van der Waals surface area contributed by atoms with Crippen LogP contribution in [0.25, 0.3) is 55.8 Å². The Hall–Kier alpha value is -5.27. The van der Waals surface area contributed by atoms with Gasteiger partial charge in [-0.2, -0.15) is 0 Å². The first kappa shape index (κ1) is 29.4. The van der Waals surface area contributed by atoms with E-state index in [4.69, 9.17) is 14.1 Å². The van der Waals surface area contributed by atoms with E-state index in [2.05, 4.69) is 10.0 Å². The topological polar surface area (TPSA) is 136 Å². The molecule has 0 atom stereocenters. The molecule has 3 N–H and O–H groups in total. The molecule has 0 fully saturated rings. The third-order valence-corrected chi connectivity index (χ3v) is 9.11. The predicted molar refractivity (Wildman–Crippen MR) is 169 cm³/mol. The Morgan fingerprint density at radius 2 is 1.85 bits per heavy atom. The fourth-order valence-corrected chi connectivity index (χ4v) is 6.23. The normalized spacial score (nSPS) is 12.5. The Balaban J connectivity index is 1.46. The van der Waals surface area contributed by atoms with Crippen LogP contribution < -0.4 is 14.8 Å². The number of halogens is 2. The van der Waals surface area contributed by atoms with Gasteiger partial charge in [0.25, 0.3) is 5.91 Å². The first-order valence-electron chi connectivity index (χ1n) is 14.4. The number of hydrogen-bond acceptors (Lipinski definition) is 7. The summed E-state index contributed by atoms with van der Waals surface area (Å²) in [5, 5.41) is 12.7. The van der Waals surface area contributed by atoms with Gasteiger partial charge in [-0.1, -0.05) is 6.07 Å². The fourth-order valence-electron chi connectivity index (χ4n) is 5.58. The molecule has 234 valence electrons. The maximum atomic E-state index is 14.7. The zero-order chi connectivity index (χ0) is 32.2. The van der Waals surface area contributed by atoms with E-state index in [1.807, 2.05) is 0 Å². The van der Waals surface area contributed by atoms with Crippen LogP contribution in [0.15, 0.2) is 77.2 Å². The van der Waals surface area contributed by atoms with Crippen LogP contribution in [0, 0.1) is 11.6 Å². The monoisotopic (exact) mass is 644 g/mol. The lowest BCUT2D eigenvalue weighted by Crippen LogP contribution is -2.26. The highest BCUT2D eigenvalue weighted by atomic mass is 32.2. The zero-order valence-electron chi connectivity index (χ0n) is 24.3. The Labute approximate surface area is 261 Å². The number of fused-ring (bicyclic) bond motifs is 6. The second-order valence-corrected chi connectivity index (χ2v) is 12.6. The Morgan fingerprint density at radius 1 is 1.04 bits per heavy atom. The number of nitrogens with one attached hydrogen (secondary N) is 2. The molecule has 4 heterocycles. The number of pyridine rings is 1. The molecule has 0 saturated carbocycles. The van der Waals surface area contributed by atoms with Crippen molar-refractivity contribution in [2.24, 2.45) is 0 Å². The van der Waals surface area contributed by atoms with Crippen LogP contribution in [0.1, 0.15) is 17.3 Å². The number of carbonyl (C=O) groups is 1. The lowest BCUT2D eigenvalue weighted by atomic mass is 10.0. The number of ether oxygens (including phenoxy) is 1. The minimum absolute atomic E-state index is 0.0312. The summed E-state index contributed by atoms with van der Waals surface area (Å²) < 4.78 is 70.6. The van der Waals surface area contributed by atoms with Crippen molar-refractivity contribution in [1.29, 1.82) is 0 Å². The number of carbonyl (C=O) groups excluding carboxylic acids is 1. The Bertz CT molecular complexity index is 2280. The van der Waals surface area contributed by atoms with Crippen LogP contribution >= 0.6 is 0 Å². The van der Waals surface area contributed by atoms with Gasteiger partial charge in [0.05, 0.1) is 40.5 Å². The smallest absolute Gasteiger partial charge is 0.255 e. The summed E-state index contributed by atoms with van der Waals surface area (Å²) in [6.45, 7) is 1.31. The van der Waals surface area contributed by atoms with Crippen molar-refractivity contribution in [3.05, 3.63) is 90.0 Å². The molecule has 0 aliphatic carbocycles. The molecule has 0 radical (unpaired) electrons. The number of aliphatic hydroxyl groups is 1. The number of rotatable bonds is 8. The van der Waals surface area contributed by atoms with Crippen LogP contribution in [-0.4, -0.2) is 47.9 Å². The van der Waals surface area contributed by atoms with E-state index in [0.717, 1.165) is 0 Å². The number of aromatic nitrogens is 2. The first-order chi connectivity index (χ1) is 22.2. The van der Waals surface area contributed by atoms with E-state index in [0.29, 0.717) is 50.2 Å². The van der Waals surface area contributed by atoms with Gasteiger partial charge >= 0.3 is 0 Å². The maximum Gasteiger partial charge on any atom is 0.255 e. The van der Waals surface area contributed by atoms with Gasteiger partial charge in [0.15, 0.2) is 6.73 Å². The van der Waals surface area contributed by atoms with Crippen molar-refractivity contribution < 1.29 is 36.3 Å². The number of anilines is 1. The molecule has 1 amide bonds. The highest BCUT2D eigenvalue weighted by Crippen LogP contribution is 2.43. The molecule has 0 spiro atoms. The van der Waals surface area contributed by atoms with Gasteiger partial charge < -0.3 is 24.1 Å². The SMILES string of the molecule is CCS(=O)(=O)Nc1cc2oc(-c3ccc(F)cc3)c(C(=O)NCCO)c2cc1-c1ccc2c(n1)-c1cc3c(F)cccc3n1CO2. The first-order valence-corrected chi connectivity index (χ1v) is 16.0. The number of furan rings is 1. The molecule has 13 heteroatoms. The number of benzene rings is 3. The Morgan fingerprint density at radius 3 is 2.61 bits per heavy atom. The summed E-state index contributed by atoms with van der Waals surface area (Å²) in [7, 11) is -3.79. The van der Waals surface area contributed by atoms with E-state index in [9.17, 15) is 27.1 Å². The molecule has 1 aliphatic rings. The standard InChI is InChI=1S/C33H26F2N4O6S/c1-2-46(42,43)38-25-16-29-22(30(33(41)36-12-13-40)32(45-29)18-6-8-19(34)9-7-18)14-21(25)24-10-11-28-31(37-24)27-15-20-23(35)4-3-5-26(20)39(27)17-44-28/h3-11,14-16,38,40H,2,12-13,17H2,1H3,(H,36,41). The van der Waals surface area contributed by atoms with E-state index in [1.54, 1.807) is 41.0 Å². The Kier molecular flexibility index (Phi) is 7.21. The predicted octanol–water partition coefficient (Wildman–Crippen LogP) is 5.90. The summed E-state index contributed by atoms with van der Waals surface area (Å²) >= 11 is 0. The summed E-state index contributed by atoms with van der Waals surface area (Å²) in [4.78, 5) is 18.3. The molecule has 0 saturated heterocycles. The third-order valence-electron chi connectivity index (χ3n) is 7.82. The number of hydrogen-bond donors (Lipinski definition) is 3. The summed E-state index contributed by atoms with van der Waals surface area (Å²) in [6.07, 6.45) is 0. The molecule has 0 unspecified atom stereocenters. The van der Waals surface area contributed by atoms with Gasteiger partial charge in [-0.3, -0.25) is 9.52 Å². The lowest BCUT2D eigenvalue weighted by molar-refractivity contribution is 0.0946. The van der Waals surface area contributed by atoms with E-state index >= 15 is 0 Å². The molecule has 0 bridgehead atoms. The van der Waals surface area contributed by atoms with Crippen LogP contribution in [-0.2, 0) is 16.8 Å². The molecule has 3 aromatic heterocycles. The van der Waals surface area contributed by atoms with Crippen molar-refractivity contribution in [2.45, 2.75) is 13.7 Å². The minimum Gasteiger partial charge on any atom is -0.470 e. The van der Waals surface area contributed by atoms with Crippen molar-refractivity contribution in [3.63, 3.8) is 0 Å². The molecule has 46 heavy (non-hydrogen) atoms. The quantitative estimate of drug-likeness (QED) is 0.188. The number of nitrogens with zero attached hydrogens (tertiary/aromatic N) is 2. The molecule has 10 nitrogen and oxygen atoms in total. The minimum atomic E-state index is -3.79. The number of aliphatic hydroxyl groups excluding tert-OH is 1. The van der Waals surface area contributed by atoms with Crippen molar-refractivity contribution in [2.75, 3.05) is 23.6 Å². The van der Waals surface area contributed by atoms with Gasteiger partial charge in [-0.05, 0) is 67.6 Å². The fraction of sp³-hybridized carbons (Fsp3) is 0.152. The van der Waals surface area contributed by atoms with Crippen LogP contribution in [0.2, 0.25) is 0 Å². The summed E-state index contributed by atoms with van der Waals surface area (Å²) in [5.74, 6) is -1.04. The van der Waals surface area contributed by atoms with Crippen LogP contribution in [0.5, 0.6) is 5.75 Å². The van der Waals surface area contributed by atoms with E-state index in [-0.39, 0.29) is 54.0 Å². The van der Waals surface area contributed by atoms with Crippen molar-refractivity contribution >= 4 is 43.5 Å². The molecule has 1 aliphatic heterocycles. The molecular weight excluding hydrogens is 618 g/mol. The zero-order valence-corrected chi connectivity index (χ0v) is 25.1. The largest absolute Gasteiger partial charge is 0.470 e. The second-order valence-electron chi connectivity index (χ2n) is 10.6. The van der Waals surface area contributed by atoms with Gasteiger partial charge in [0.2, 0.25) is 10.0 Å². The molecule has 7 rings (SSSR count). The molecule has 3 aromatic carbocycles. The van der Waals surface area contributed by atoms with Gasteiger partial charge in [0, 0.05) is 34.5 Å². The second kappa shape index (κ2) is 11.3. The average Bonchev–Trinajstić information content (AvgIpc) is 3.63. The van der Waals surface area contributed by atoms with Crippen molar-refractivity contribution in [3.8, 4) is 39.7 Å². The average molecular weight is 645 g/mol. The molecule has 6 aromatic rings. The van der Waals surface area contributed by atoms with E-state index in [1.165, 1.54) is 43.3 Å². The number of amides is 1. The van der Waals surface area contributed by atoms with Gasteiger partial charge in [-0.25, -0.2) is 22.2 Å². The highest BCUT2D eigenvalue weighted by molar-refractivity contribution is 7.92. The van der Waals surface area contributed by atoms with E-state index < -0.39 is 21.7 Å². The van der Waals surface area contributed by atoms with Gasteiger partial charge in [-0.15, -0.1) is 0 Å². The van der Waals surface area contributed by atoms with Gasteiger partial charge in [0.1, 0.15) is 34.4 Å². The molecular formula is C33H26F2N4O6S. The van der Waals surface area contributed by atoms with Crippen LogP contribution in [0.4, 0.5) is 14.5 Å². The maximum absolute atomic E-state index is 14.7. The summed E-state index contributed by atoms with van der Waals surface area (Å²) in [6, 6.07) is 18.3. The third kappa shape index (κ3) is 5.03. The lowest BCUT2D eigenvalue weighted by Gasteiger charge is -2.21. The summed E-state index contributed by atoms with van der Waals surface area (Å²) in [5.41, 5.74) is 3.18. The highest BCUT2D eigenvalue weighted by Gasteiger charge is 2.27. The van der Waals surface area contributed by atoms with Crippen molar-refractivity contribution in [1.82, 2.24) is 14.9 Å².